The van der Waals surface area contributed by atoms with E-state index in [2.05, 4.69) is 29.9 Å². The Morgan fingerprint density at radius 2 is 1.45 bits per heavy atom. The van der Waals surface area contributed by atoms with Gasteiger partial charge in [-0.2, -0.15) is 0 Å². The largest absolute Gasteiger partial charge is 0.497 e. The van der Waals surface area contributed by atoms with Crippen molar-refractivity contribution < 1.29 is 41.5 Å². The Kier molecular flexibility index (Phi) is 26.1. The molecule has 0 saturated heterocycles. The molecule has 0 aliphatic heterocycles. The Morgan fingerprint density at radius 3 is 1.88 bits per heavy atom. The van der Waals surface area contributed by atoms with E-state index in [4.69, 9.17) is 10.5 Å². The second kappa shape index (κ2) is 30.5. The minimum absolute atomic E-state index is 0.0450. The molecule has 0 saturated carbocycles. The lowest BCUT2D eigenvalue weighted by molar-refractivity contribution is -0.117. The molecule has 1 aliphatic rings. The number of allylic oxidation sites excluding steroid dienone is 3. The van der Waals surface area contributed by atoms with Crippen LogP contribution in [0.5, 0.6) is 0 Å². The number of aryl methyl sites for hydroxylation is 2. The van der Waals surface area contributed by atoms with Gasteiger partial charge in [0.2, 0.25) is 18.2 Å². The fourth-order valence-corrected chi connectivity index (χ4v) is 5.22. The average Bonchev–Trinajstić information content (AvgIpc) is 3.24. The smallest absolute Gasteiger partial charge is 0.249 e. The van der Waals surface area contributed by atoms with Crippen molar-refractivity contribution in [1.29, 1.82) is 0 Å². The van der Waals surface area contributed by atoms with Crippen LogP contribution in [0.2, 0.25) is 0 Å². The van der Waals surface area contributed by atoms with Crippen molar-refractivity contribution in [2.45, 2.75) is 32.6 Å². The first-order valence-electron chi connectivity index (χ1n) is 18.9. The molecule has 9 nitrogen and oxygen atoms in total. The Hall–Kier alpha value is -6.60. The first-order chi connectivity index (χ1) is 28.8. The minimum Gasteiger partial charge on any atom is -0.497 e. The number of nitrogens with zero attached hydrogens (tertiary/aromatic N) is 1. The quantitative estimate of drug-likeness (QED) is 0.0477. The molecule has 5 rings (SSSR count). The van der Waals surface area contributed by atoms with Crippen molar-refractivity contribution in [3.8, 4) is 0 Å². The van der Waals surface area contributed by atoms with Gasteiger partial charge in [-0.15, -0.1) is 13.2 Å². The summed E-state index contributed by atoms with van der Waals surface area (Å²) in [6.07, 6.45) is 13.8. The second-order valence-electron chi connectivity index (χ2n) is 12.7. The van der Waals surface area contributed by atoms with E-state index in [-0.39, 0.29) is 11.5 Å². The van der Waals surface area contributed by atoms with Crippen molar-refractivity contribution in [3.05, 3.63) is 186 Å². The van der Waals surface area contributed by atoms with Gasteiger partial charge in [0.15, 0.2) is 6.29 Å². The van der Waals surface area contributed by atoms with E-state index in [9.17, 15) is 36.7 Å². The van der Waals surface area contributed by atoms with Crippen LogP contribution in [0.25, 0.3) is 0 Å². The van der Waals surface area contributed by atoms with Crippen molar-refractivity contribution >= 4 is 30.2 Å². The summed E-state index contributed by atoms with van der Waals surface area (Å²) in [7, 11) is 3.40. The molecule has 4 aromatic rings. The molecule has 60 heavy (non-hydrogen) atoms. The molecule has 1 aliphatic carbocycles. The maximum Gasteiger partial charge on any atom is 0.249 e. The SMILES string of the molecule is C=CCN(C(=O)CNC)c1ccccc1.C=CCNC=O.CCc1cc(F)cc(F)c1.COC1=CCC(CCc2cc(F)cc(F)c2)C=C1.NC(=O)c1ccccc1C=O. The monoisotopic (exact) mass is 830 g/mol. The van der Waals surface area contributed by atoms with Gasteiger partial charge in [-0.3, -0.25) is 19.2 Å². The van der Waals surface area contributed by atoms with Gasteiger partial charge in [0.25, 0.3) is 0 Å². The molecule has 0 bridgehead atoms. The van der Waals surface area contributed by atoms with Crippen LogP contribution in [0.15, 0.2) is 140 Å². The number of halogens is 4. The van der Waals surface area contributed by atoms with E-state index >= 15 is 0 Å². The molecule has 1 unspecified atom stereocenters. The predicted octanol–water partition coefficient (Wildman–Crippen LogP) is 8.47. The zero-order valence-corrected chi connectivity index (χ0v) is 34.2. The van der Waals surface area contributed by atoms with Gasteiger partial charge in [-0.1, -0.05) is 61.5 Å². The van der Waals surface area contributed by atoms with Crippen LogP contribution in [0.3, 0.4) is 0 Å². The zero-order valence-electron chi connectivity index (χ0n) is 34.2. The second-order valence-corrected chi connectivity index (χ2v) is 12.7. The Labute approximate surface area is 350 Å². The zero-order chi connectivity index (χ0) is 44.7. The lowest BCUT2D eigenvalue weighted by Crippen LogP contribution is -2.37. The molecule has 0 aromatic heterocycles. The van der Waals surface area contributed by atoms with Gasteiger partial charge in [0.1, 0.15) is 29.0 Å². The molecule has 4 N–H and O–H groups in total. The topological polar surface area (TPSA) is 131 Å². The maximum atomic E-state index is 13.0. The number of carbonyl (C=O) groups excluding carboxylic acids is 4. The van der Waals surface area contributed by atoms with Gasteiger partial charge in [-0.25, -0.2) is 17.6 Å². The number of aldehydes is 1. The maximum absolute atomic E-state index is 13.0. The van der Waals surface area contributed by atoms with Crippen molar-refractivity contribution in [2.24, 2.45) is 11.7 Å². The van der Waals surface area contributed by atoms with E-state index in [0.717, 1.165) is 36.4 Å². The van der Waals surface area contributed by atoms with Crippen LogP contribution in [0, 0.1) is 29.2 Å². The average molecular weight is 831 g/mol. The standard InChI is InChI=1S/C15H16F2O.C12H16N2O.C8H8F2.C8H7NO2.C4H7NO/c1-18-15-6-4-11(5-7-15)2-3-12-8-13(16)10-14(17)9-12;1-3-9-14(12(15)10-13-2)11-7-5-4-6-8-11;1-2-6-3-7(9)5-8(10)4-6;9-8(11)7-4-2-1-3-6(7)5-10;1-2-3-5-4-6/h4,6-11H,2-3,5H2,1H3;3-8,13H,1,9-10H2,2H3;3-5H,2H2,1H3;1-5H,(H2,9,11);2,4H,1,3H2,(H,5,6). The Morgan fingerprint density at radius 1 is 0.867 bits per heavy atom. The fourth-order valence-electron chi connectivity index (χ4n) is 5.22. The minimum atomic E-state index is -0.576. The summed E-state index contributed by atoms with van der Waals surface area (Å²) in [5.41, 5.74) is 7.90. The molecule has 13 heteroatoms. The van der Waals surface area contributed by atoms with Gasteiger partial charge < -0.3 is 26.0 Å². The van der Waals surface area contributed by atoms with Crippen molar-refractivity contribution in [1.82, 2.24) is 10.6 Å². The van der Waals surface area contributed by atoms with Crippen LogP contribution >= 0.6 is 0 Å². The highest BCUT2D eigenvalue weighted by molar-refractivity contribution is 6.00. The molecule has 320 valence electrons. The van der Waals surface area contributed by atoms with Gasteiger partial charge in [0.05, 0.1) is 13.7 Å². The number of para-hydroxylation sites is 1. The molecule has 0 spiro atoms. The summed E-state index contributed by atoms with van der Waals surface area (Å²) in [6.45, 7) is 10.3. The van der Waals surface area contributed by atoms with Crippen LogP contribution in [-0.2, 0) is 27.2 Å². The Bertz CT molecular complexity index is 1960. The van der Waals surface area contributed by atoms with Gasteiger partial charge in [0, 0.05) is 42.0 Å². The third kappa shape index (κ3) is 21.2. The Balaban J connectivity index is 0.000000391. The first-order valence-corrected chi connectivity index (χ1v) is 18.9. The van der Waals surface area contributed by atoms with Gasteiger partial charge in [-0.05, 0) is 104 Å². The fraction of sp³-hybridized carbons (Fsp3) is 0.234. The number of ether oxygens (including phenoxy) is 1. The number of hydrogen-bond acceptors (Lipinski definition) is 6. The molecule has 4 aromatic carbocycles. The van der Waals surface area contributed by atoms with E-state index < -0.39 is 29.2 Å². The molecule has 0 fully saturated rings. The highest BCUT2D eigenvalue weighted by Crippen LogP contribution is 2.22. The highest BCUT2D eigenvalue weighted by Gasteiger charge is 2.13. The number of rotatable bonds is 15. The summed E-state index contributed by atoms with van der Waals surface area (Å²) in [6, 6.07) is 23.2. The number of methoxy groups -OCH3 is 1. The number of amides is 3. The number of anilines is 1. The normalized spacial score (nSPS) is 12.0. The molecule has 1 atom stereocenters. The summed E-state index contributed by atoms with van der Waals surface area (Å²) >= 11 is 0. The first kappa shape index (κ1) is 51.4. The third-order valence-electron chi connectivity index (χ3n) is 8.15. The van der Waals surface area contributed by atoms with Crippen LogP contribution in [0.1, 0.15) is 51.6 Å². The number of primary amides is 1. The van der Waals surface area contributed by atoms with Crippen LogP contribution < -0.4 is 21.3 Å². The summed E-state index contributed by atoms with van der Waals surface area (Å²) in [5.74, 6) is -1.26. The van der Waals surface area contributed by atoms with Crippen molar-refractivity contribution in [3.63, 3.8) is 0 Å². The number of nitrogens with one attached hydrogen (secondary N) is 2. The highest BCUT2D eigenvalue weighted by atomic mass is 19.1. The lowest BCUT2D eigenvalue weighted by atomic mass is 9.93. The predicted molar refractivity (Wildman–Crippen MR) is 230 cm³/mol. The van der Waals surface area contributed by atoms with E-state index in [0.29, 0.717) is 67.8 Å². The number of carbonyl (C=O) groups is 4. The van der Waals surface area contributed by atoms with Crippen LogP contribution in [-0.4, -0.2) is 58.3 Å². The summed E-state index contributed by atoms with van der Waals surface area (Å²) in [4.78, 5) is 43.8. The molecule has 3 amide bonds. The molecule has 0 radical (unpaired) electrons. The lowest BCUT2D eigenvalue weighted by Gasteiger charge is -2.20. The molecular formula is C47H54F4N4O5. The van der Waals surface area contributed by atoms with Crippen molar-refractivity contribution in [2.75, 3.05) is 38.7 Å². The summed E-state index contributed by atoms with van der Waals surface area (Å²) < 4.78 is 55.9. The number of benzene rings is 4. The number of likely N-dealkylation sites (N-methyl/N-ethyl adjacent to an activating group) is 1. The van der Waals surface area contributed by atoms with E-state index in [1.165, 1.54) is 30.3 Å². The summed E-state index contributed by atoms with van der Waals surface area (Å²) in [5, 5.41) is 5.25. The number of nitrogens with two attached hydrogens (primary N) is 1. The van der Waals surface area contributed by atoms with Crippen LogP contribution in [0.4, 0.5) is 23.2 Å². The van der Waals surface area contributed by atoms with E-state index in [1.807, 2.05) is 49.4 Å². The van der Waals surface area contributed by atoms with Gasteiger partial charge >= 0.3 is 0 Å². The number of hydrogen-bond donors (Lipinski definition) is 3. The molecule has 0 heterocycles. The molecular weight excluding hydrogens is 777 g/mol. The van der Waals surface area contributed by atoms with E-state index in [1.54, 1.807) is 49.4 Å². The third-order valence-corrected chi connectivity index (χ3v) is 8.15.